The first kappa shape index (κ1) is 15.5. The molecule has 2 heteroatoms. The second-order valence-corrected chi connectivity index (χ2v) is 11.2. The van der Waals surface area contributed by atoms with E-state index in [9.17, 15) is 5.11 Å². The highest BCUT2D eigenvalue weighted by Gasteiger charge is 2.33. The zero-order chi connectivity index (χ0) is 13.0. The van der Waals surface area contributed by atoms with Crippen LogP contribution in [0.4, 0.5) is 0 Å². The highest BCUT2D eigenvalue weighted by molar-refractivity contribution is 6.87. The Kier molecular flexibility index (Phi) is 5.51. The molecule has 0 aromatic carbocycles. The molecule has 1 N–H and O–H groups in total. The fourth-order valence-electron chi connectivity index (χ4n) is 0.779. The lowest BCUT2D eigenvalue weighted by atomic mass is 10.1. The van der Waals surface area contributed by atoms with E-state index in [2.05, 4.69) is 45.3 Å². The molecule has 0 spiro atoms. The van der Waals surface area contributed by atoms with Crippen molar-refractivity contribution in [1.82, 2.24) is 0 Å². The molecule has 1 atom stereocenters. The Labute approximate surface area is 102 Å². The van der Waals surface area contributed by atoms with E-state index < -0.39 is 8.07 Å². The number of aliphatic hydroxyl groups is 1. The van der Waals surface area contributed by atoms with Gasteiger partial charge in [0, 0.05) is 0 Å². The fraction of sp³-hybridized carbons (Fsp3) is 0.714. The van der Waals surface area contributed by atoms with Crippen molar-refractivity contribution in [1.29, 1.82) is 0 Å². The Balaban J connectivity index is 4.54. The maximum Gasteiger partial charge on any atom is 0.138 e. The monoisotopic (exact) mass is 238 g/mol. The second kappa shape index (κ2) is 5.70. The predicted molar refractivity (Wildman–Crippen MR) is 75.0 cm³/mol. The van der Waals surface area contributed by atoms with Gasteiger partial charge < -0.3 is 5.11 Å². The second-order valence-electron chi connectivity index (χ2n) is 6.24. The first-order valence-corrected chi connectivity index (χ1v) is 8.95. The van der Waals surface area contributed by atoms with Crippen molar-refractivity contribution in [2.45, 2.75) is 58.9 Å². The molecule has 0 aliphatic rings. The number of allylic oxidation sites excluding steroid dienone is 1. The van der Waals surface area contributed by atoms with Gasteiger partial charge in [-0.05, 0) is 23.1 Å². The molecule has 0 aliphatic carbocycles. The quantitative estimate of drug-likeness (QED) is 0.575. The minimum Gasteiger partial charge on any atom is -0.389 e. The average molecular weight is 238 g/mol. The molecule has 0 bridgehead atoms. The van der Waals surface area contributed by atoms with Crippen LogP contribution in [0.5, 0.6) is 0 Å². The number of hydrogen-bond donors (Lipinski definition) is 1. The maximum atomic E-state index is 9.57. The lowest BCUT2D eigenvalue weighted by Gasteiger charge is -2.31. The Hall–Kier alpha value is -0.523. The molecular weight excluding hydrogens is 212 g/mol. The lowest BCUT2D eigenvalue weighted by molar-refractivity contribution is 0.172. The van der Waals surface area contributed by atoms with Crippen LogP contribution in [0.2, 0.25) is 18.1 Å². The number of aliphatic hydroxyl groups excluding tert-OH is 1. The molecular formula is C14H26OSi. The molecule has 0 radical (unpaired) electrons. The van der Waals surface area contributed by atoms with Crippen LogP contribution in [0.1, 0.15) is 34.6 Å². The third-order valence-corrected chi connectivity index (χ3v) is 7.84. The van der Waals surface area contributed by atoms with Crippen LogP contribution in [0.3, 0.4) is 0 Å². The van der Waals surface area contributed by atoms with Gasteiger partial charge in [-0.2, -0.15) is 0 Å². The summed E-state index contributed by atoms with van der Waals surface area (Å²) in [7, 11) is -1.50. The minimum atomic E-state index is -1.50. The Morgan fingerprint density at radius 3 is 2.06 bits per heavy atom. The molecule has 1 nitrogen and oxygen atoms in total. The van der Waals surface area contributed by atoms with Crippen molar-refractivity contribution in [2.24, 2.45) is 5.92 Å². The van der Waals surface area contributed by atoms with E-state index >= 15 is 0 Å². The summed E-state index contributed by atoms with van der Waals surface area (Å²) in [6.07, 6.45) is 3.20. The first-order valence-electron chi connectivity index (χ1n) is 5.95. The summed E-state index contributed by atoms with van der Waals surface area (Å²) in [5, 5.41) is 9.87. The van der Waals surface area contributed by atoms with Gasteiger partial charge in [-0.3, -0.25) is 0 Å². The van der Waals surface area contributed by atoms with Gasteiger partial charge in [-0.15, -0.1) is 5.54 Å². The van der Waals surface area contributed by atoms with Crippen molar-refractivity contribution < 1.29 is 5.11 Å². The van der Waals surface area contributed by atoms with Crippen molar-refractivity contribution in [3.05, 3.63) is 12.2 Å². The molecule has 0 saturated heterocycles. The predicted octanol–water partition coefficient (Wildman–Crippen LogP) is 3.61. The standard InChI is InChI=1S/C14H26OSi/c1-12(2)13(15)10-8-9-11-16(6,7)14(3,4)5/h8,10,12-13,15H,1-7H3/b10-8-. The third-order valence-electron chi connectivity index (χ3n) is 3.32. The van der Waals surface area contributed by atoms with E-state index in [1.54, 1.807) is 12.2 Å². The normalized spacial score (nSPS) is 15.1. The molecule has 0 aromatic rings. The van der Waals surface area contributed by atoms with Gasteiger partial charge in [0.05, 0.1) is 6.10 Å². The molecule has 16 heavy (non-hydrogen) atoms. The summed E-state index contributed by atoms with van der Waals surface area (Å²) in [6.45, 7) is 15.3. The highest BCUT2D eigenvalue weighted by Crippen LogP contribution is 2.34. The molecule has 92 valence electrons. The summed E-state index contributed by atoms with van der Waals surface area (Å²) >= 11 is 0. The van der Waals surface area contributed by atoms with E-state index in [0.29, 0.717) is 5.04 Å². The van der Waals surface area contributed by atoms with Crippen LogP contribution in [-0.2, 0) is 0 Å². The summed E-state index contributed by atoms with van der Waals surface area (Å²) in [6, 6.07) is 0. The summed E-state index contributed by atoms with van der Waals surface area (Å²) in [5.41, 5.74) is 3.38. The Bertz CT molecular complexity index is 297. The zero-order valence-electron chi connectivity index (χ0n) is 11.8. The molecule has 0 aliphatic heterocycles. The SMILES string of the molecule is CC(C)C(O)/C=C\C#C[Si](C)(C)C(C)(C)C. The van der Waals surface area contributed by atoms with E-state index in [1.165, 1.54) is 0 Å². The molecule has 0 fully saturated rings. The third kappa shape index (κ3) is 5.00. The van der Waals surface area contributed by atoms with Gasteiger partial charge in [0.15, 0.2) is 0 Å². The summed E-state index contributed by atoms with van der Waals surface area (Å²) in [4.78, 5) is 0. The zero-order valence-corrected chi connectivity index (χ0v) is 12.8. The topological polar surface area (TPSA) is 20.2 Å². The van der Waals surface area contributed by atoms with Crippen molar-refractivity contribution in [3.8, 4) is 11.5 Å². The molecule has 0 amide bonds. The molecule has 0 saturated carbocycles. The van der Waals surface area contributed by atoms with Gasteiger partial charge in [-0.1, -0.05) is 53.6 Å². The van der Waals surface area contributed by atoms with Gasteiger partial charge in [-0.25, -0.2) is 0 Å². The van der Waals surface area contributed by atoms with E-state index in [4.69, 9.17) is 0 Å². The van der Waals surface area contributed by atoms with E-state index in [-0.39, 0.29) is 12.0 Å². The van der Waals surface area contributed by atoms with Gasteiger partial charge in [0.25, 0.3) is 0 Å². The number of rotatable bonds is 2. The largest absolute Gasteiger partial charge is 0.389 e. The lowest BCUT2D eigenvalue weighted by Crippen LogP contribution is -2.35. The van der Waals surface area contributed by atoms with E-state index in [1.807, 2.05) is 13.8 Å². The van der Waals surface area contributed by atoms with Crippen LogP contribution in [0, 0.1) is 17.4 Å². The Morgan fingerprint density at radius 1 is 1.19 bits per heavy atom. The fourth-order valence-corrected chi connectivity index (χ4v) is 1.60. The van der Waals surface area contributed by atoms with Gasteiger partial charge >= 0.3 is 0 Å². The van der Waals surface area contributed by atoms with Crippen molar-refractivity contribution >= 4 is 8.07 Å². The molecule has 0 rings (SSSR count). The van der Waals surface area contributed by atoms with E-state index in [0.717, 1.165) is 0 Å². The van der Waals surface area contributed by atoms with Gasteiger partial charge in [0.1, 0.15) is 8.07 Å². The van der Waals surface area contributed by atoms with Gasteiger partial charge in [0.2, 0.25) is 0 Å². The highest BCUT2D eigenvalue weighted by atomic mass is 28.3. The molecule has 1 unspecified atom stereocenters. The van der Waals surface area contributed by atoms with Crippen LogP contribution >= 0.6 is 0 Å². The molecule has 0 aromatic heterocycles. The first-order chi connectivity index (χ1) is 7.08. The van der Waals surface area contributed by atoms with Crippen LogP contribution < -0.4 is 0 Å². The average Bonchev–Trinajstić information content (AvgIpc) is 2.09. The molecule has 0 heterocycles. The smallest absolute Gasteiger partial charge is 0.138 e. The van der Waals surface area contributed by atoms with Crippen LogP contribution in [0.15, 0.2) is 12.2 Å². The maximum absolute atomic E-state index is 9.57. The summed E-state index contributed by atoms with van der Waals surface area (Å²) < 4.78 is 0. The summed E-state index contributed by atoms with van der Waals surface area (Å²) in [5.74, 6) is 3.34. The van der Waals surface area contributed by atoms with Crippen molar-refractivity contribution in [3.63, 3.8) is 0 Å². The van der Waals surface area contributed by atoms with Crippen LogP contribution in [0.25, 0.3) is 0 Å². The van der Waals surface area contributed by atoms with Crippen LogP contribution in [-0.4, -0.2) is 19.3 Å². The Morgan fingerprint density at radius 2 is 1.69 bits per heavy atom. The number of hydrogen-bond acceptors (Lipinski definition) is 1. The minimum absolute atomic E-state index is 0.255. The van der Waals surface area contributed by atoms with Crippen molar-refractivity contribution in [2.75, 3.05) is 0 Å².